The Balaban J connectivity index is 1.35. The van der Waals surface area contributed by atoms with Crippen LogP contribution in [0, 0.1) is 13.8 Å². The number of hydrogen-bond acceptors (Lipinski definition) is 5. The lowest BCUT2D eigenvalue weighted by Gasteiger charge is -2.35. The average molecular weight is 437 g/mol. The molecule has 0 saturated carbocycles. The molecule has 1 atom stereocenters. The van der Waals surface area contributed by atoms with Crippen LogP contribution in [0.5, 0.6) is 5.75 Å². The number of rotatable bonds is 4. The maximum absolute atomic E-state index is 12.7. The zero-order valence-corrected chi connectivity index (χ0v) is 19.2. The van der Waals surface area contributed by atoms with Crippen molar-refractivity contribution in [2.75, 3.05) is 20.2 Å². The molecular formula is C24H28N4O2S. The summed E-state index contributed by atoms with van der Waals surface area (Å²) >= 11 is 1.61. The Morgan fingerprint density at radius 2 is 2.03 bits per heavy atom. The van der Waals surface area contributed by atoms with Crippen molar-refractivity contribution < 1.29 is 4.74 Å². The molecule has 0 spiro atoms. The Hall–Kier alpha value is -2.64. The quantitative estimate of drug-likeness (QED) is 0.470. The van der Waals surface area contributed by atoms with Crippen LogP contribution in [0.4, 0.5) is 0 Å². The van der Waals surface area contributed by atoms with Crippen LogP contribution in [-0.4, -0.2) is 40.1 Å². The van der Waals surface area contributed by atoms with Crippen LogP contribution in [0.25, 0.3) is 21.1 Å². The van der Waals surface area contributed by atoms with Gasteiger partial charge in [-0.2, -0.15) is 0 Å². The summed E-state index contributed by atoms with van der Waals surface area (Å²) in [6.07, 6.45) is 4.32. The minimum absolute atomic E-state index is 0.0173. The molecule has 7 heteroatoms. The molecule has 31 heavy (non-hydrogen) atoms. The SMILES string of the molecule is COc1ccc2[nH]cc(C3CCN(C(C)c4nc5sc(C)c(C)c5c(=O)[nH]4)CC3)c2c1. The van der Waals surface area contributed by atoms with Gasteiger partial charge in [0.1, 0.15) is 16.4 Å². The largest absolute Gasteiger partial charge is 0.497 e. The number of fused-ring (bicyclic) bond motifs is 2. The Kier molecular flexibility index (Phi) is 5.10. The van der Waals surface area contributed by atoms with Crippen LogP contribution < -0.4 is 10.3 Å². The molecule has 1 aliphatic rings. The number of thiophene rings is 1. The van der Waals surface area contributed by atoms with E-state index in [-0.39, 0.29) is 11.6 Å². The fourth-order valence-corrected chi connectivity index (χ4v) is 5.86. The molecular weight excluding hydrogens is 408 g/mol. The van der Waals surface area contributed by atoms with E-state index in [9.17, 15) is 4.79 Å². The number of nitrogens with one attached hydrogen (secondary N) is 2. The van der Waals surface area contributed by atoms with Gasteiger partial charge in [-0.15, -0.1) is 11.3 Å². The molecule has 1 aliphatic heterocycles. The number of aromatic amines is 2. The van der Waals surface area contributed by atoms with E-state index in [1.165, 1.54) is 10.9 Å². The van der Waals surface area contributed by atoms with Crippen molar-refractivity contribution in [2.45, 2.75) is 45.6 Å². The smallest absolute Gasteiger partial charge is 0.259 e. The molecule has 0 radical (unpaired) electrons. The minimum atomic E-state index is -0.0173. The molecule has 1 fully saturated rings. The van der Waals surface area contributed by atoms with Crippen LogP contribution in [0.15, 0.2) is 29.2 Å². The lowest BCUT2D eigenvalue weighted by atomic mass is 9.88. The number of piperidine rings is 1. The predicted molar refractivity (Wildman–Crippen MR) is 127 cm³/mol. The number of aryl methyl sites for hydroxylation is 2. The van der Waals surface area contributed by atoms with E-state index < -0.39 is 0 Å². The highest BCUT2D eigenvalue weighted by atomic mass is 32.1. The average Bonchev–Trinajstić information content (AvgIpc) is 3.33. The van der Waals surface area contributed by atoms with Crippen molar-refractivity contribution in [3.05, 3.63) is 56.6 Å². The van der Waals surface area contributed by atoms with E-state index >= 15 is 0 Å². The molecule has 1 saturated heterocycles. The molecule has 2 N–H and O–H groups in total. The first-order chi connectivity index (χ1) is 15.0. The van der Waals surface area contributed by atoms with Crippen molar-refractivity contribution in [1.82, 2.24) is 19.9 Å². The molecule has 5 rings (SSSR count). The Morgan fingerprint density at radius 3 is 2.77 bits per heavy atom. The van der Waals surface area contributed by atoms with Crippen molar-refractivity contribution in [1.29, 1.82) is 0 Å². The molecule has 6 nitrogen and oxygen atoms in total. The van der Waals surface area contributed by atoms with Gasteiger partial charge in [-0.1, -0.05) is 0 Å². The van der Waals surface area contributed by atoms with E-state index in [4.69, 9.17) is 9.72 Å². The lowest BCUT2D eigenvalue weighted by Crippen LogP contribution is -2.36. The van der Waals surface area contributed by atoms with Gasteiger partial charge in [0.2, 0.25) is 0 Å². The highest BCUT2D eigenvalue weighted by Gasteiger charge is 2.27. The third-order valence-corrected chi connectivity index (χ3v) is 7.99. The molecule has 4 aromatic rings. The Bertz CT molecular complexity index is 1310. The Labute approximate surface area is 185 Å². The van der Waals surface area contributed by atoms with E-state index in [2.05, 4.69) is 47.0 Å². The molecule has 3 aromatic heterocycles. The zero-order chi connectivity index (χ0) is 21.7. The summed E-state index contributed by atoms with van der Waals surface area (Å²) in [5.74, 6) is 2.18. The van der Waals surface area contributed by atoms with Gasteiger partial charge in [-0.25, -0.2) is 4.98 Å². The maximum Gasteiger partial charge on any atom is 0.259 e. The van der Waals surface area contributed by atoms with Crippen LogP contribution in [0.1, 0.15) is 53.6 Å². The summed E-state index contributed by atoms with van der Waals surface area (Å²) in [4.78, 5) is 28.4. The highest BCUT2D eigenvalue weighted by Crippen LogP contribution is 2.36. The van der Waals surface area contributed by atoms with Crippen LogP contribution >= 0.6 is 11.3 Å². The van der Waals surface area contributed by atoms with E-state index in [1.54, 1.807) is 18.4 Å². The van der Waals surface area contributed by atoms with Gasteiger partial charge in [0.15, 0.2) is 0 Å². The van der Waals surface area contributed by atoms with Gasteiger partial charge in [0.25, 0.3) is 5.56 Å². The second kappa shape index (κ2) is 7.80. The van der Waals surface area contributed by atoms with Gasteiger partial charge in [0, 0.05) is 22.0 Å². The summed E-state index contributed by atoms with van der Waals surface area (Å²) < 4.78 is 5.42. The maximum atomic E-state index is 12.7. The fraction of sp³-hybridized carbons (Fsp3) is 0.417. The molecule has 4 heterocycles. The van der Waals surface area contributed by atoms with Gasteiger partial charge >= 0.3 is 0 Å². The number of benzene rings is 1. The number of nitrogens with zero attached hydrogens (tertiary/aromatic N) is 2. The number of H-pyrrole nitrogens is 2. The number of aromatic nitrogens is 3. The first-order valence-corrected chi connectivity index (χ1v) is 11.7. The third kappa shape index (κ3) is 3.46. The number of methoxy groups -OCH3 is 1. The van der Waals surface area contributed by atoms with Gasteiger partial charge in [0.05, 0.1) is 18.5 Å². The van der Waals surface area contributed by atoms with Gasteiger partial charge < -0.3 is 14.7 Å². The molecule has 162 valence electrons. The topological polar surface area (TPSA) is 74.0 Å². The monoisotopic (exact) mass is 436 g/mol. The van der Waals surface area contributed by atoms with Crippen molar-refractivity contribution in [2.24, 2.45) is 0 Å². The molecule has 0 bridgehead atoms. The van der Waals surface area contributed by atoms with Crippen LogP contribution in [0.2, 0.25) is 0 Å². The summed E-state index contributed by atoms with van der Waals surface area (Å²) in [6.45, 7) is 8.16. The molecule has 0 aliphatic carbocycles. The normalized spacial score (nSPS) is 16.9. The molecule has 1 aromatic carbocycles. The third-order valence-electron chi connectivity index (χ3n) is 6.89. The molecule has 0 amide bonds. The van der Waals surface area contributed by atoms with Gasteiger partial charge in [-0.3, -0.25) is 9.69 Å². The first kappa shape index (κ1) is 20.3. The summed E-state index contributed by atoms with van der Waals surface area (Å²) in [7, 11) is 1.71. The van der Waals surface area contributed by atoms with Crippen LogP contribution in [0.3, 0.4) is 0 Å². The summed E-state index contributed by atoms with van der Waals surface area (Å²) in [5.41, 5.74) is 3.56. The second-order valence-corrected chi connectivity index (χ2v) is 9.76. The zero-order valence-electron chi connectivity index (χ0n) is 18.4. The number of ether oxygens (including phenoxy) is 1. The summed E-state index contributed by atoms with van der Waals surface area (Å²) in [6, 6.07) is 6.30. The summed E-state index contributed by atoms with van der Waals surface area (Å²) in [5, 5.41) is 2.00. The van der Waals surface area contributed by atoms with E-state index in [1.807, 2.05) is 13.0 Å². The highest BCUT2D eigenvalue weighted by molar-refractivity contribution is 7.18. The van der Waals surface area contributed by atoms with E-state index in [0.29, 0.717) is 5.92 Å². The standard InChI is InChI=1S/C24H28N4O2S/c1-13-15(3)31-24-21(13)23(29)26-22(27-24)14(2)28-9-7-16(8-10-28)19-12-25-20-6-5-17(30-4)11-18(19)20/h5-6,11-12,14,16,25H,7-10H2,1-4H3,(H,26,27,29). The predicted octanol–water partition coefficient (Wildman–Crippen LogP) is 5.03. The van der Waals surface area contributed by atoms with Crippen molar-refractivity contribution in [3.8, 4) is 5.75 Å². The molecule has 1 unspecified atom stereocenters. The minimum Gasteiger partial charge on any atom is -0.497 e. The fourth-order valence-electron chi connectivity index (χ4n) is 4.83. The second-order valence-electron chi connectivity index (χ2n) is 8.56. The number of likely N-dealkylation sites (tertiary alicyclic amines) is 1. The van der Waals surface area contributed by atoms with Crippen LogP contribution in [-0.2, 0) is 0 Å². The van der Waals surface area contributed by atoms with E-state index in [0.717, 1.165) is 63.7 Å². The van der Waals surface area contributed by atoms with Crippen molar-refractivity contribution >= 4 is 32.5 Å². The first-order valence-electron chi connectivity index (χ1n) is 10.8. The lowest BCUT2D eigenvalue weighted by molar-refractivity contribution is 0.157. The Morgan fingerprint density at radius 1 is 1.26 bits per heavy atom. The number of hydrogen-bond donors (Lipinski definition) is 2. The van der Waals surface area contributed by atoms with Crippen molar-refractivity contribution in [3.63, 3.8) is 0 Å². The van der Waals surface area contributed by atoms with Gasteiger partial charge in [-0.05, 0) is 81.9 Å².